The molecule has 0 N–H and O–H groups in total. The largest absolute Gasteiger partial charge is 0.453 e. The van der Waals surface area contributed by atoms with E-state index in [1.807, 2.05) is 43.6 Å². The standard InChI is InChI=1S/C14H14BrN3O2S/c1-9(18(2)8-10-5-6-12(15)19-10)14-16-13(17-20-14)11-4-3-7-21-11/h3-7,9H,8H2,1-2H3. The third kappa shape index (κ3) is 3.25. The summed E-state index contributed by atoms with van der Waals surface area (Å²) >= 11 is 4.90. The van der Waals surface area contributed by atoms with Crippen LogP contribution < -0.4 is 0 Å². The van der Waals surface area contributed by atoms with Crippen molar-refractivity contribution in [3.8, 4) is 10.7 Å². The Kier molecular flexibility index (Phi) is 4.23. The second kappa shape index (κ2) is 6.13. The first-order valence-corrected chi connectivity index (χ1v) is 8.12. The van der Waals surface area contributed by atoms with Gasteiger partial charge in [0.25, 0.3) is 0 Å². The van der Waals surface area contributed by atoms with E-state index in [-0.39, 0.29) is 6.04 Å². The number of thiophene rings is 1. The van der Waals surface area contributed by atoms with E-state index in [1.54, 1.807) is 11.3 Å². The van der Waals surface area contributed by atoms with Gasteiger partial charge < -0.3 is 8.94 Å². The zero-order valence-corrected chi connectivity index (χ0v) is 14.0. The molecular weight excluding hydrogens is 354 g/mol. The SMILES string of the molecule is CC(c1nc(-c2cccs2)no1)N(C)Cc1ccc(Br)o1. The van der Waals surface area contributed by atoms with Crippen molar-refractivity contribution in [1.29, 1.82) is 0 Å². The predicted molar refractivity (Wildman–Crippen MR) is 83.9 cm³/mol. The topological polar surface area (TPSA) is 55.3 Å². The van der Waals surface area contributed by atoms with Crippen molar-refractivity contribution in [2.75, 3.05) is 7.05 Å². The van der Waals surface area contributed by atoms with Crippen LogP contribution in [0.25, 0.3) is 10.7 Å². The van der Waals surface area contributed by atoms with E-state index in [9.17, 15) is 0 Å². The van der Waals surface area contributed by atoms with Crippen LogP contribution in [0, 0.1) is 0 Å². The fourth-order valence-electron chi connectivity index (χ4n) is 1.92. The van der Waals surface area contributed by atoms with Crippen LogP contribution in [-0.4, -0.2) is 22.1 Å². The molecule has 1 unspecified atom stereocenters. The highest BCUT2D eigenvalue weighted by Gasteiger charge is 2.20. The van der Waals surface area contributed by atoms with Crippen molar-refractivity contribution in [3.05, 3.63) is 46.0 Å². The second-order valence-electron chi connectivity index (χ2n) is 4.73. The van der Waals surface area contributed by atoms with Gasteiger partial charge in [0.2, 0.25) is 11.7 Å². The molecule has 0 spiro atoms. The predicted octanol–water partition coefficient (Wildman–Crippen LogP) is 4.35. The molecule has 0 saturated heterocycles. The second-order valence-corrected chi connectivity index (χ2v) is 6.46. The van der Waals surface area contributed by atoms with Crippen molar-refractivity contribution in [3.63, 3.8) is 0 Å². The Hall–Kier alpha value is -1.44. The van der Waals surface area contributed by atoms with Gasteiger partial charge in [0.05, 0.1) is 17.5 Å². The molecule has 3 aromatic rings. The maximum atomic E-state index is 5.51. The van der Waals surface area contributed by atoms with Crippen LogP contribution in [0.1, 0.15) is 24.6 Å². The van der Waals surface area contributed by atoms with Crippen LogP contribution in [0.3, 0.4) is 0 Å². The van der Waals surface area contributed by atoms with E-state index >= 15 is 0 Å². The van der Waals surface area contributed by atoms with E-state index in [0.29, 0.717) is 18.3 Å². The number of rotatable bonds is 5. The average molecular weight is 368 g/mol. The number of hydrogen-bond donors (Lipinski definition) is 0. The molecule has 0 bridgehead atoms. The molecule has 21 heavy (non-hydrogen) atoms. The molecule has 0 aliphatic carbocycles. The summed E-state index contributed by atoms with van der Waals surface area (Å²) in [4.78, 5) is 7.57. The van der Waals surface area contributed by atoms with Gasteiger partial charge in [0, 0.05) is 0 Å². The first-order valence-electron chi connectivity index (χ1n) is 6.45. The number of furan rings is 1. The molecule has 0 aliphatic rings. The minimum absolute atomic E-state index is 0.00934. The maximum Gasteiger partial charge on any atom is 0.244 e. The fraction of sp³-hybridized carbons (Fsp3) is 0.286. The summed E-state index contributed by atoms with van der Waals surface area (Å²) in [5, 5.41) is 6.04. The lowest BCUT2D eigenvalue weighted by molar-refractivity contribution is 0.189. The van der Waals surface area contributed by atoms with E-state index in [4.69, 9.17) is 8.94 Å². The van der Waals surface area contributed by atoms with Crippen molar-refractivity contribution in [1.82, 2.24) is 15.0 Å². The normalized spacial score (nSPS) is 13.0. The molecule has 0 amide bonds. The Labute approximate surface area is 134 Å². The van der Waals surface area contributed by atoms with Gasteiger partial charge in [0.1, 0.15) is 5.76 Å². The Balaban J connectivity index is 1.71. The molecule has 5 nitrogen and oxygen atoms in total. The van der Waals surface area contributed by atoms with Gasteiger partial charge in [-0.25, -0.2) is 0 Å². The molecule has 7 heteroatoms. The smallest absolute Gasteiger partial charge is 0.244 e. The van der Waals surface area contributed by atoms with Crippen molar-refractivity contribution in [2.45, 2.75) is 19.5 Å². The van der Waals surface area contributed by atoms with Crippen molar-refractivity contribution >= 4 is 27.3 Å². The first kappa shape index (κ1) is 14.5. The highest BCUT2D eigenvalue weighted by Crippen LogP contribution is 2.26. The molecule has 0 aliphatic heterocycles. The van der Waals surface area contributed by atoms with E-state index in [1.165, 1.54) is 0 Å². The van der Waals surface area contributed by atoms with Gasteiger partial charge in [-0.05, 0) is 53.5 Å². The Bertz CT molecular complexity index is 707. The third-order valence-electron chi connectivity index (χ3n) is 3.24. The van der Waals surface area contributed by atoms with Crippen LogP contribution in [0.15, 0.2) is 43.3 Å². The number of halogens is 1. The third-order valence-corrected chi connectivity index (χ3v) is 4.53. The maximum absolute atomic E-state index is 5.51. The monoisotopic (exact) mass is 367 g/mol. The summed E-state index contributed by atoms with van der Waals surface area (Å²) in [6, 6.07) is 7.79. The fourth-order valence-corrected chi connectivity index (χ4v) is 2.91. The Morgan fingerprint density at radius 1 is 1.38 bits per heavy atom. The molecule has 110 valence electrons. The molecule has 0 radical (unpaired) electrons. The quantitative estimate of drug-likeness (QED) is 0.670. The molecule has 0 fully saturated rings. The summed E-state index contributed by atoms with van der Waals surface area (Å²) in [7, 11) is 2.00. The molecule has 3 aromatic heterocycles. The highest BCUT2D eigenvalue weighted by atomic mass is 79.9. The number of hydrogen-bond acceptors (Lipinski definition) is 6. The lowest BCUT2D eigenvalue weighted by Crippen LogP contribution is -2.21. The van der Waals surface area contributed by atoms with Gasteiger partial charge in [-0.3, -0.25) is 4.90 Å². The lowest BCUT2D eigenvalue weighted by Gasteiger charge is -2.19. The lowest BCUT2D eigenvalue weighted by atomic mass is 10.3. The van der Waals surface area contributed by atoms with E-state index in [0.717, 1.165) is 15.3 Å². The van der Waals surface area contributed by atoms with Crippen molar-refractivity contribution in [2.24, 2.45) is 0 Å². The number of aromatic nitrogens is 2. The van der Waals surface area contributed by atoms with Crippen LogP contribution in [-0.2, 0) is 6.54 Å². The average Bonchev–Trinajstić information content (AvgIpc) is 3.18. The Morgan fingerprint density at radius 3 is 2.90 bits per heavy atom. The molecular formula is C14H14BrN3O2S. The van der Waals surface area contributed by atoms with Crippen LogP contribution in [0.5, 0.6) is 0 Å². The molecule has 3 rings (SSSR count). The van der Waals surface area contributed by atoms with Gasteiger partial charge in [-0.2, -0.15) is 4.98 Å². The zero-order chi connectivity index (χ0) is 14.8. The molecule has 3 heterocycles. The van der Waals surface area contributed by atoms with Crippen LogP contribution >= 0.6 is 27.3 Å². The molecule has 0 saturated carbocycles. The van der Waals surface area contributed by atoms with Gasteiger partial charge in [0.15, 0.2) is 4.67 Å². The molecule has 0 aromatic carbocycles. The van der Waals surface area contributed by atoms with Gasteiger partial charge >= 0.3 is 0 Å². The van der Waals surface area contributed by atoms with Gasteiger partial charge in [-0.15, -0.1) is 11.3 Å². The van der Waals surface area contributed by atoms with Gasteiger partial charge in [-0.1, -0.05) is 11.2 Å². The van der Waals surface area contributed by atoms with Crippen molar-refractivity contribution < 1.29 is 8.94 Å². The zero-order valence-electron chi connectivity index (χ0n) is 11.6. The first-order chi connectivity index (χ1) is 10.1. The van der Waals surface area contributed by atoms with Crippen LogP contribution in [0.4, 0.5) is 0 Å². The minimum Gasteiger partial charge on any atom is -0.453 e. The minimum atomic E-state index is 0.00934. The summed E-state index contributed by atoms with van der Waals surface area (Å²) in [6.45, 7) is 2.70. The summed E-state index contributed by atoms with van der Waals surface area (Å²) in [6.07, 6.45) is 0. The van der Waals surface area contributed by atoms with Crippen LogP contribution in [0.2, 0.25) is 0 Å². The summed E-state index contributed by atoms with van der Waals surface area (Å²) in [5.41, 5.74) is 0. The number of nitrogens with zero attached hydrogens (tertiary/aromatic N) is 3. The van der Waals surface area contributed by atoms with E-state index < -0.39 is 0 Å². The Morgan fingerprint density at radius 2 is 2.24 bits per heavy atom. The highest BCUT2D eigenvalue weighted by molar-refractivity contribution is 9.10. The summed E-state index contributed by atoms with van der Waals surface area (Å²) in [5.74, 6) is 2.13. The van der Waals surface area contributed by atoms with E-state index in [2.05, 4.69) is 31.0 Å². The summed E-state index contributed by atoms with van der Waals surface area (Å²) < 4.78 is 11.6. The molecule has 1 atom stereocenters.